The van der Waals surface area contributed by atoms with Crippen LogP contribution in [0.2, 0.25) is 0 Å². The summed E-state index contributed by atoms with van der Waals surface area (Å²) in [4.78, 5) is 0. The second kappa shape index (κ2) is 4.13. The third kappa shape index (κ3) is 2.25. The summed E-state index contributed by atoms with van der Waals surface area (Å²) >= 11 is 0. The molecule has 2 nitrogen and oxygen atoms in total. The topological polar surface area (TPSA) is 40.5 Å². The van der Waals surface area contributed by atoms with Crippen molar-refractivity contribution in [2.24, 2.45) is 11.3 Å². The molecule has 2 heteroatoms. The molecule has 0 saturated heterocycles. The van der Waals surface area contributed by atoms with Crippen molar-refractivity contribution in [2.45, 2.75) is 33.6 Å². The molecular formula is C13H20O2. The third-order valence-corrected chi connectivity index (χ3v) is 3.25. The van der Waals surface area contributed by atoms with Crippen molar-refractivity contribution in [1.29, 1.82) is 0 Å². The van der Waals surface area contributed by atoms with E-state index in [1.165, 1.54) is 11.1 Å². The van der Waals surface area contributed by atoms with Crippen LogP contribution in [0.3, 0.4) is 0 Å². The molecule has 0 bridgehead atoms. The fourth-order valence-electron chi connectivity index (χ4n) is 2.62. The summed E-state index contributed by atoms with van der Waals surface area (Å²) in [5.74, 6) is 0.124. The standard InChI is InChI=1S/C13H20O2/c1-5-11-9(2)6-10(12(15)8-14)7-13(11,3)4/h5,8,10,14-15H,1,6-7H2,2-4H3. The van der Waals surface area contributed by atoms with Gasteiger partial charge in [-0.2, -0.15) is 0 Å². The average molecular weight is 208 g/mol. The van der Waals surface area contributed by atoms with Crippen LogP contribution in [-0.4, -0.2) is 10.2 Å². The number of rotatable bonds is 2. The van der Waals surface area contributed by atoms with Gasteiger partial charge in [0.15, 0.2) is 0 Å². The van der Waals surface area contributed by atoms with Crippen molar-refractivity contribution in [1.82, 2.24) is 0 Å². The number of hydrogen-bond acceptors (Lipinski definition) is 2. The van der Waals surface area contributed by atoms with Gasteiger partial charge in [0.1, 0.15) is 12.0 Å². The van der Waals surface area contributed by atoms with Crippen LogP contribution in [0.15, 0.2) is 35.8 Å². The van der Waals surface area contributed by atoms with Crippen molar-refractivity contribution >= 4 is 0 Å². The first kappa shape index (κ1) is 11.9. The highest BCUT2D eigenvalue weighted by Gasteiger charge is 2.33. The van der Waals surface area contributed by atoms with Crippen molar-refractivity contribution in [2.75, 3.05) is 0 Å². The molecule has 1 aliphatic carbocycles. The van der Waals surface area contributed by atoms with E-state index in [4.69, 9.17) is 5.11 Å². The van der Waals surface area contributed by atoms with Gasteiger partial charge in [-0.3, -0.25) is 0 Å². The monoisotopic (exact) mass is 208 g/mol. The van der Waals surface area contributed by atoms with E-state index < -0.39 is 0 Å². The second-order valence-corrected chi connectivity index (χ2v) is 4.94. The maximum atomic E-state index is 9.55. The first-order valence-electron chi connectivity index (χ1n) is 5.28. The Morgan fingerprint density at radius 2 is 2.13 bits per heavy atom. The van der Waals surface area contributed by atoms with Gasteiger partial charge >= 0.3 is 0 Å². The van der Waals surface area contributed by atoms with Gasteiger partial charge < -0.3 is 10.2 Å². The molecule has 0 aromatic rings. The Labute approximate surface area is 91.6 Å². The molecule has 0 aromatic heterocycles. The van der Waals surface area contributed by atoms with E-state index in [0.717, 1.165) is 19.1 Å². The van der Waals surface area contributed by atoms with Crippen LogP contribution in [0.5, 0.6) is 0 Å². The van der Waals surface area contributed by atoms with Crippen molar-refractivity contribution < 1.29 is 10.2 Å². The highest BCUT2D eigenvalue weighted by Crippen LogP contribution is 2.45. The SMILES string of the molecule is C=CC1=C(C)CC(C(O)=CO)CC1(C)C. The molecule has 15 heavy (non-hydrogen) atoms. The molecule has 1 atom stereocenters. The number of allylic oxidation sites excluding steroid dienone is 4. The van der Waals surface area contributed by atoms with Crippen LogP contribution in [0, 0.1) is 11.3 Å². The van der Waals surface area contributed by atoms with Crippen LogP contribution < -0.4 is 0 Å². The predicted molar refractivity (Wildman–Crippen MR) is 62.7 cm³/mol. The van der Waals surface area contributed by atoms with Gasteiger partial charge in [-0.15, -0.1) is 0 Å². The Hall–Kier alpha value is -1.18. The van der Waals surface area contributed by atoms with Crippen LogP contribution in [0.1, 0.15) is 33.6 Å². The van der Waals surface area contributed by atoms with Gasteiger partial charge in [-0.25, -0.2) is 0 Å². The van der Waals surface area contributed by atoms with E-state index in [1.54, 1.807) is 0 Å². The third-order valence-electron chi connectivity index (χ3n) is 3.25. The highest BCUT2D eigenvalue weighted by molar-refractivity contribution is 5.33. The minimum absolute atomic E-state index is 0.0196. The zero-order valence-electron chi connectivity index (χ0n) is 9.75. The van der Waals surface area contributed by atoms with Crippen molar-refractivity contribution in [3.63, 3.8) is 0 Å². The molecule has 0 spiro atoms. The summed E-state index contributed by atoms with van der Waals surface area (Å²) in [5, 5.41) is 18.4. The summed E-state index contributed by atoms with van der Waals surface area (Å²) in [6.45, 7) is 10.2. The summed E-state index contributed by atoms with van der Waals surface area (Å²) < 4.78 is 0. The molecular weight excluding hydrogens is 188 g/mol. The van der Waals surface area contributed by atoms with E-state index in [1.807, 2.05) is 6.08 Å². The normalized spacial score (nSPS) is 26.6. The highest BCUT2D eigenvalue weighted by atomic mass is 16.3. The summed E-state index contributed by atoms with van der Waals surface area (Å²) in [7, 11) is 0. The zero-order valence-corrected chi connectivity index (χ0v) is 9.75. The maximum absolute atomic E-state index is 9.55. The minimum atomic E-state index is 0.0196. The Bertz CT molecular complexity index is 321. The Morgan fingerprint density at radius 3 is 2.53 bits per heavy atom. The first-order chi connectivity index (χ1) is 6.92. The molecule has 0 aliphatic heterocycles. The van der Waals surface area contributed by atoms with Gasteiger partial charge in [0, 0.05) is 5.92 Å². The molecule has 84 valence electrons. The molecule has 0 aromatic carbocycles. The van der Waals surface area contributed by atoms with Crippen LogP contribution in [0.25, 0.3) is 0 Å². The van der Waals surface area contributed by atoms with Gasteiger partial charge in [-0.1, -0.05) is 32.1 Å². The first-order valence-corrected chi connectivity index (χ1v) is 5.28. The van der Waals surface area contributed by atoms with E-state index in [-0.39, 0.29) is 17.1 Å². The van der Waals surface area contributed by atoms with Gasteiger partial charge in [0.2, 0.25) is 0 Å². The lowest BCUT2D eigenvalue weighted by Crippen LogP contribution is -2.26. The summed E-state index contributed by atoms with van der Waals surface area (Å²) in [5.41, 5.74) is 2.54. The minimum Gasteiger partial charge on any atom is -0.512 e. The fourth-order valence-corrected chi connectivity index (χ4v) is 2.62. The average Bonchev–Trinajstić information content (AvgIpc) is 2.14. The lowest BCUT2D eigenvalue weighted by molar-refractivity contribution is 0.231. The second-order valence-electron chi connectivity index (χ2n) is 4.94. The largest absolute Gasteiger partial charge is 0.512 e. The molecule has 1 aliphatic rings. The molecule has 1 rings (SSSR count). The Balaban J connectivity index is 3.04. The number of hydrogen-bond donors (Lipinski definition) is 2. The molecule has 0 saturated carbocycles. The van der Waals surface area contributed by atoms with E-state index in [0.29, 0.717) is 0 Å². The van der Waals surface area contributed by atoms with Gasteiger partial charge in [-0.05, 0) is 30.8 Å². The lowest BCUT2D eigenvalue weighted by Gasteiger charge is -2.37. The Kier molecular flexibility index (Phi) is 3.28. The van der Waals surface area contributed by atoms with Gasteiger partial charge in [0.25, 0.3) is 0 Å². The summed E-state index contributed by atoms with van der Waals surface area (Å²) in [6.07, 6.45) is 4.36. The van der Waals surface area contributed by atoms with Crippen LogP contribution in [0.4, 0.5) is 0 Å². The molecule has 2 N–H and O–H groups in total. The van der Waals surface area contributed by atoms with Crippen molar-refractivity contribution in [3.8, 4) is 0 Å². The van der Waals surface area contributed by atoms with Gasteiger partial charge in [0.05, 0.1) is 0 Å². The quantitative estimate of drug-likeness (QED) is 0.676. The fraction of sp³-hybridized carbons (Fsp3) is 0.538. The van der Waals surface area contributed by atoms with E-state index in [2.05, 4.69) is 27.4 Å². The van der Waals surface area contributed by atoms with E-state index >= 15 is 0 Å². The van der Waals surface area contributed by atoms with Crippen LogP contribution >= 0.6 is 0 Å². The molecule has 1 unspecified atom stereocenters. The molecule has 0 amide bonds. The maximum Gasteiger partial charge on any atom is 0.130 e. The predicted octanol–water partition coefficient (Wildman–Crippen LogP) is 3.88. The van der Waals surface area contributed by atoms with Crippen molar-refractivity contribution in [3.05, 3.63) is 35.8 Å². The Morgan fingerprint density at radius 1 is 1.53 bits per heavy atom. The number of aliphatic hydroxyl groups excluding tert-OH is 2. The zero-order chi connectivity index (χ0) is 11.6. The molecule has 0 heterocycles. The van der Waals surface area contributed by atoms with Crippen LogP contribution in [-0.2, 0) is 0 Å². The molecule has 0 radical (unpaired) electrons. The summed E-state index contributed by atoms with van der Waals surface area (Å²) in [6, 6.07) is 0. The smallest absolute Gasteiger partial charge is 0.130 e. The molecule has 0 fully saturated rings. The lowest BCUT2D eigenvalue weighted by atomic mass is 9.68. The number of aliphatic hydroxyl groups is 2. The van der Waals surface area contributed by atoms with E-state index in [9.17, 15) is 5.11 Å².